The number of anilines is 1. The maximum Gasteiger partial charge on any atom is 0.238 e. The molecule has 0 spiro atoms. The van der Waals surface area contributed by atoms with E-state index in [4.69, 9.17) is 0 Å². The van der Waals surface area contributed by atoms with Crippen molar-refractivity contribution in [1.82, 2.24) is 10.2 Å². The van der Waals surface area contributed by atoms with Crippen molar-refractivity contribution >= 4 is 17.4 Å². The van der Waals surface area contributed by atoms with Gasteiger partial charge in [0.15, 0.2) is 5.78 Å². The molecule has 1 fully saturated rings. The van der Waals surface area contributed by atoms with Gasteiger partial charge in [-0.15, -0.1) is 0 Å². The number of rotatable bonds is 4. The minimum atomic E-state index is -0.0116. The molecule has 1 aliphatic rings. The minimum Gasteiger partial charge on any atom is -0.325 e. The molecule has 1 amide bonds. The average molecular weight is 275 g/mol. The van der Waals surface area contributed by atoms with Crippen LogP contribution in [0.4, 0.5) is 5.69 Å². The van der Waals surface area contributed by atoms with Crippen LogP contribution in [-0.4, -0.2) is 49.3 Å². The van der Waals surface area contributed by atoms with Gasteiger partial charge in [0.25, 0.3) is 0 Å². The van der Waals surface area contributed by atoms with Gasteiger partial charge in [-0.05, 0) is 50.7 Å². The van der Waals surface area contributed by atoms with E-state index >= 15 is 0 Å². The van der Waals surface area contributed by atoms with E-state index < -0.39 is 0 Å². The second kappa shape index (κ2) is 7.17. The number of Topliss-reactive ketones (excluding diaryl/α,β-unsaturated/α-hetero) is 1. The lowest BCUT2D eigenvalue weighted by Crippen LogP contribution is -2.35. The standard InChI is InChI=1S/C15H21N3O2/c1-12(19)13-3-5-14(6-4-13)17-15(20)11-18-9-2-7-16-8-10-18/h3-6,16H,2,7-11H2,1H3,(H,17,20). The van der Waals surface area contributed by atoms with Gasteiger partial charge in [0, 0.05) is 24.3 Å². The van der Waals surface area contributed by atoms with Crippen molar-refractivity contribution in [3.8, 4) is 0 Å². The zero-order valence-electron chi connectivity index (χ0n) is 11.8. The normalized spacial score (nSPS) is 16.4. The van der Waals surface area contributed by atoms with Crippen LogP contribution >= 0.6 is 0 Å². The number of ketones is 1. The lowest BCUT2D eigenvalue weighted by Gasteiger charge is -2.18. The molecule has 5 heteroatoms. The van der Waals surface area contributed by atoms with Gasteiger partial charge < -0.3 is 10.6 Å². The quantitative estimate of drug-likeness (QED) is 0.809. The summed E-state index contributed by atoms with van der Waals surface area (Å²) in [4.78, 5) is 25.3. The second-order valence-electron chi connectivity index (χ2n) is 5.06. The van der Waals surface area contributed by atoms with Crippen LogP contribution in [0.1, 0.15) is 23.7 Å². The molecule has 0 unspecified atom stereocenters. The molecule has 108 valence electrons. The fraction of sp³-hybridized carbons (Fsp3) is 0.467. The Bertz CT molecular complexity index is 463. The van der Waals surface area contributed by atoms with E-state index in [-0.39, 0.29) is 11.7 Å². The fourth-order valence-corrected chi connectivity index (χ4v) is 2.25. The number of carbonyl (C=O) groups is 2. The Balaban J connectivity index is 1.85. The zero-order chi connectivity index (χ0) is 14.4. The Labute approximate surface area is 119 Å². The third-order valence-corrected chi connectivity index (χ3v) is 3.38. The van der Waals surface area contributed by atoms with E-state index in [1.807, 2.05) is 0 Å². The highest BCUT2D eigenvalue weighted by Crippen LogP contribution is 2.10. The van der Waals surface area contributed by atoms with Crippen LogP contribution in [0, 0.1) is 0 Å². The molecule has 0 saturated carbocycles. The molecule has 1 saturated heterocycles. The Morgan fingerprint density at radius 1 is 1.20 bits per heavy atom. The van der Waals surface area contributed by atoms with Gasteiger partial charge in [0.05, 0.1) is 6.54 Å². The summed E-state index contributed by atoms with van der Waals surface area (Å²) in [6.07, 6.45) is 1.07. The van der Waals surface area contributed by atoms with Crippen LogP contribution in [-0.2, 0) is 4.79 Å². The predicted molar refractivity (Wildman–Crippen MR) is 79.0 cm³/mol. The number of hydrogen-bond acceptors (Lipinski definition) is 4. The summed E-state index contributed by atoms with van der Waals surface area (Å²) >= 11 is 0. The highest BCUT2D eigenvalue weighted by atomic mass is 16.2. The molecule has 0 atom stereocenters. The number of amides is 1. The monoisotopic (exact) mass is 275 g/mol. The Hall–Kier alpha value is -1.72. The van der Waals surface area contributed by atoms with Crippen molar-refractivity contribution < 1.29 is 9.59 Å². The van der Waals surface area contributed by atoms with Crippen molar-refractivity contribution in [3.05, 3.63) is 29.8 Å². The predicted octanol–water partition coefficient (Wildman–Crippen LogP) is 1.12. The first-order chi connectivity index (χ1) is 9.65. The lowest BCUT2D eigenvalue weighted by molar-refractivity contribution is -0.117. The van der Waals surface area contributed by atoms with E-state index in [2.05, 4.69) is 15.5 Å². The summed E-state index contributed by atoms with van der Waals surface area (Å²) in [7, 11) is 0. The molecule has 0 aromatic heterocycles. The molecular weight excluding hydrogens is 254 g/mol. The zero-order valence-corrected chi connectivity index (χ0v) is 11.8. The maximum absolute atomic E-state index is 12.0. The van der Waals surface area contributed by atoms with Crippen molar-refractivity contribution in [3.63, 3.8) is 0 Å². The molecule has 1 aromatic carbocycles. The van der Waals surface area contributed by atoms with Gasteiger partial charge in [-0.2, -0.15) is 0 Å². The molecule has 2 N–H and O–H groups in total. The number of nitrogens with zero attached hydrogens (tertiary/aromatic N) is 1. The van der Waals surface area contributed by atoms with Gasteiger partial charge in [-0.25, -0.2) is 0 Å². The van der Waals surface area contributed by atoms with Gasteiger partial charge in [0.1, 0.15) is 0 Å². The summed E-state index contributed by atoms with van der Waals surface area (Å²) in [6.45, 7) is 5.74. The Morgan fingerprint density at radius 3 is 2.65 bits per heavy atom. The first-order valence-corrected chi connectivity index (χ1v) is 6.99. The molecule has 1 aliphatic heterocycles. The average Bonchev–Trinajstić information content (AvgIpc) is 2.68. The van der Waals surface area contributed by atoms with Crippen LogP contribution in [0.15, 0.2) is 24.3 Å². The van der Waals surface area contributed by atoms with Gasteiger partial charge in [-0.1, -0.05) is 0 Å². The molecule has 0 radical (unpaired) electrons. The topological polar surface area (TPSA) is 61.4 Å². The molecule has 0 bridgehead atoms. The van der Waals surface area contributed by atoms with Crippen molar-refractivity contribution in [2.45, 2.75) is 13.3 Å². The molecule has 20 heavy (non-hydrogen) atoms. The second-order valence-corrected chi connectivity index (χ2v) is 5.06. The van der Waals surface area contributed by atoms with Crippen LogP contribution < -0.4 is 10.6 Å². The van der Waals surface area contributed by atoms with Crippen LogP contribution in [0.5, 0.6) is 0 Å². The van der Waals surface area contributed by atoms with E-state index in [1.165, 1.54) is 6.92 Å². The van der Waals surface area contributed by atoms with Crippen LogP contribution in [0.25, 0.3) is 0 Å². The van der Waals surface area contributed by atoms with Crippen molar-refractivity contribution in [2.75, 3.05) is 38.0 Å². The molecule has 5 nitrogen and oxygen atoms in total. The third-order valence-electron chi connectivity index (χ3n) is 3.38. The molecule has 2 rings (SSSR count). The van der Waals surface area contributed by atoms with Gasteiger partial charge >= 0.3 is 0 Å². The first-order valence-electron chi connectivity index (χ1n) is 6.99. The summed E-state index contributed by atoms with van der Waals surface area (Å²) in [5.41, 5.74) is 1.38. The highest BCUT2D eigenvalue weighted by molar-refractivity contribution is 5.96. The van der Waals surface area contributed by atoms with Crippen LogP contribution in [0.3, 0.4) is 0 Å². The maximum atomic E-state index is 12.0. The van der Waals surface area contributed by atoms with Gasteiger partial charge in [-0.3, -0.25) is 14.5 Å². The van der Waals surface area contributed by atoms with Crippen molar-refractivity contribution in [1.29, 1.82) is 0 Å². The van der Waals surface area contributed by atoms with E-state index in [1.54, 1.807) is 24.3 Å². The molecule has 1 heterocycles. The number of carbonyl (C=O) groups excluding carboxylic acids is 2. The van der Waals surface area contributed by atoms with E-state index in [0.29, 0.717) is 12.1 Å². The fourth-order valence-electron chi connectivity index (χ4n) is 2.25. The number of hydrogen-bond donors (Lipinski definition) is 2. The smallest absolute Gasteiger partial charge is 0.238 e. The Morgan fingerprint density at radius 2 is 1.95 bits per heavy atom. The van der Waals surface area contributed by atoms with E-state index in [9.17, 15) is 9.59 Å². The molecular formula is C15H21N3O2. The lowest BCUT2D eigenvalue weighted by atomic mass is 10.1. The highest BCUT2D eigenvalue weighted by Gasteiger charge is 2.12. The Kier molecular flexibility index (Phi) is 5.26. The van der Waals surface area contributed by atoms with E-state index in [0.717, 1.165) is 38.3 Å². The summed E-state index contributed by atoms with van der Waals surface area (Å²) in [6, 6.07) is 6.98. The third kappa shape index (κ3) is 4.43. The molecule has 0 aliphatic carbocycles. The summed E-state index contributed by atoms with van der Waals surface area (Å²) in [5, 5.41) is 6.18. The molecule has 1 aromatic rings. The number of nitrogens with one attached hydrogen (secondary N) is 2. The summed E-state index contributed by atoms with van der Waals surface area (Å²) in [5.74, 6) is 0.0161. The SMILES string of the molecule is CC(=O)c1ccc(NC(=O)CN2CCCNCC2)cc1. The van der Waals surface area contributed by atoms with Crippen LogP contribution in [0.2, 0.25) is 0 Å². The number of benzene rings is 1. The van der Waals surface area contributed by atoms with Crippen molar-refractivity contribution in [2.24, 2.45) is 0 Å². The minimum absolute atomic E-state index is 0.0116. The summed E-state index contributed by atoms with van der Waals surface area (Å²) < 4.78 is 0. The van der Waals surface area contributed by atoms with Gasteiger partial charge in [0.2, 0.25) is 5.91 Å². The first kappa shape index (κ1) is 14.7. The largest absolute Gasteiger partial charge is 0.325 e.